The van der Waals surface area contributed by atoms with E-state index in [0.29, 0.717) is 18.2 Å². The van der Waals surface area contributed by atoms with E-state index in [1.54, 1.807) is 12.4 Å². The van der Waals surface area contributed by atoms with Gasteiger partial charge in [-0.2, -0.15) is 0 Å². The second kappa shape index (κ2) is 5.84. The van der Waals surface area contributed by atoms with E-state index < -0.39 is 0 Å². The summed E-state index contributed by atoms with van der Waals surface area (Å²) in [6, 6.07) is 0. The number of carbonyl (C=O) groups excluding carboxylic acids is 1. The second-order valence-corrected chi connectivity index (χ2v) is 4.57. The van der Waals surface area contributed by atoms with E-state index >= 15 is 0 Å². The van der Waals surface area contributed by atoms with Gasteiger partial charge in [0, 0.05) is 18.9 Å². The van der Waals surface area contributed by atoms with Crippen LogP contribution in [0.2, 0.25) is 0 Å². The van der Waals surface area contributed by atoms with Gasteiger partial charge in [0.15, 0.2) is 5.78 Å². The maximum Gasteiger partial charge on any atom is 0.196 e. The van der Waals surface area contributed by atoms with Gasteiger partial charge < -0.3 is 5.32 Å². The van der Waals surface area contributed by atoms with Crippen LogP contribution >= 0.6 is 0 Å². The van der Waals surface area contributed by atoms with Gasteiger partial charge >= 0.3 is 0 Å². The predicted molar refractivity (Wildman–Crippen MR) is 64.8 cm³/mol. The molecule has 1 aliphatic heterocycles. The third-order valence-corrected chi connectivity index (χ3v) is 2.99. The van der Waals surface area contributed by atoms with Gasteiger partial charge in [-0.1, -0.05) is 0 Å². The first kappa shape index (κ1) is 12.1. The summed E-state index contributed by atoms with van der Waals surface area (Å²) in [7, 11) is 1.98. The van der Waals surface area contributed by atoms with Crippen LogP contribution in [0.1, 0.15) is 16.9 Å². The molecule has 1 aromatic heterocycles. The Balaban J connectivity index is 1.81. The molecule has 0 bridgehead atoms. The Hall–Kier alpha value is -1.33. The molecule has 0 radical (unpaired) electrons. The number of nitrogens with one attached hydrogen (secondary N) is 1. The molecule has 5 nitrogen and oxygen atoms in total. The quantitative estimate of drug-likeness (QED) is 0.738. The van der Waals surface area contributed by atoms with Gasteiger partial charge in [-0.3, -0.25) is 14.7 Å². The largest absolute Gasteiger partial charge is 0.316 e. The highest BCUT2D eigenvalue weighted by atomic mass is 16.1. The van der Waals surface area contributed by atoms with Crippen molar-refractivity contribution in [2.24, 2.45) is 5.92 Å². The SMILES string of the molecule is CN(CC(=O)c1cnccn1)C[C@@H]1CCNC1. The van der Waals surface area contributed by atoms with E-state index in [1.807, 2.05) is 7.05 Å². The van der Waals surface area contributed by atoms with Crippen LogP contribution in [0.15, 0.2) is 18.6 Å². The minimum Gasteiger partial charge on any atom is -0.316 e. The van der Waals surface area contributed by atoms with E-state index in [-0.39, 0.29) is 5.78 Å². The van der Waals surface area contributed by atoms with E-state index in [9.17, 15) is 4.79 Å². The Morgan fingerprint density at radius 3 is 3.12 bits per heavy atom. The molecule has 17 heavy (non-hydrogen) atoms. The molecular formula is C12H18N4O. The average Bonchev–Trinajstić information content (AvgIpc) is 2.82. The number of Topliss-reactive ketones (excluding diaryl/α,β-unsaturated/α-hetero) is 1. The molecule has 1 aliphatic rings. The first-order chi connectivity index (χ1) is 8.25. The molecule has 0 amide bonds. The number of carbonyl (C=O) groups is 1. The fourth-order valence-corrected chi connectivity index (χ4v) is 2.14. The summed E-state index contributed by atoms with van der Waals surface area (Å²) in [6.07, 6.45) is 5.84. The Bertz CT molecular complexity index is 362. The van der Waals surface area contributed by atoms with E-state index in [0.717, 1.165) is 19.6 Å². The fourth-order valence-electron chi connectivity index (χ4n) is 2.14. The molecule has 0 saturated carbocycles. The van der Waals surface area contributed by atoms with Gasteiger partial charge in [0.2, 0.25) is 0 Å². The first-order valence-electron chi connectivity index (χ1n) is 5.94. The highest BCUT2D eigenvalue weighted by Crippen LogP contribution is 2.08. The Kier molecular flexibility index (Phi) is 4.17. The van der Waals surface area contributed by atoms with Crippen molar-refractivity contribution in [3.05, 3.63) is 24.3 Å². The van der Waals surface area contributed by atoms with E-state index in [1.165, 1.54) is 12.6 Å². The molecule has 0 aromatic carbocycles. The van der Waals surface area contributed by atoms with Crippen molar-refractivity contribution < 1.29 is 4.79 Å². The highest BCUT2D eigenvalue weighted by molar-refractivity contribution is 5.95. The number of rotatable bonds is 5. The van der Waals surface area contributed by atoms with Crippen LogP contribution in [-0.4, -0.2) is 53.9 Å². The number of hydrogen-bond acceptors (Lipinski definition) is 5. The van der Waals surface area contributed by atoms with Crippen molar-refractivity contribution >= 4 is 5.78 Å². The second-order valence-electron chi connectivity index (χ2n) is 4.57. The summed E-state index contributed by atoms with van der Waals surface area (Å²) < 4.78 is 0. The smallest absolute Gasteiger partial charge is 0.196 e. The van der Waals surface area contributed by atoms with E-state index in [2.05, 4.69) is 20.2 Å². The van der Waals surface area contributed by atoms with Gasteiger partial charge in [-0.25, -0.2) is 4.98 Å². The van der Waals surface area contributed by atoms with Crippen molar-refractivity contribution in [3.8, 4) is 0 Å². The number of aromatic nitrogens is 2. The van der Waals surface area contributed by atoms with Crippen LogP contribution in [-0.2, 0) is 0 Å². The van der Waals surface area contributed by atoms with Crippen LogP contribution < -0.4 is 5.32 Å². The lowest BCUT2D eigenvalue weighted by Crippen LogP contribution is -2.32. The number of nitrogens with zero attached hydrogens (tertiary/aromatic N) is 3. The van der Waals surface area contributed by atoms with Gasteiger partial charge in [-0.05, 0) is 32.5 Å². The molecule has 1 saturated heterocycles. The van der Waals surface area contributed by atoms with E-state index in [4.69, 9.17) is 0 Å². The summed E-state index contributed by atoms with van der Waals surface area (Å²) in [5, 5.41) is 3.33. The summed E-state index contributed by atoms with van der Waals surface area (Å²) >= 11 is 0. The summed E-state index contributed by atoms with van der Waals surface area (Å²) in [5.41, 5.74) is 0.448. The van der Waals surface area contributed by atoms with Crippen LogP contribution in [0.3, 0.4) is 0 Å². The van der Waals surface area contributed by atoms with Gasteiger partial charge in [0.1, 0.15) is 5.69 Å². The van der Waals surface area contributed by atoms with Gasteiger partial charge in [-0.15, -0.1) is 0 Å². The molecule has 2 rings (SSSR count). The van der Waals surface area contributed by atoms with Crippen molar-refractivity contribution in [2.45, 2.75) is 6.42 Å². The van der Waals surface area contributed by atoms with Crippen LogP contribution in [0.5, 0.6) is 0 Å². The molecule has 0 spiro atoms. The summed E-state index contributed by atoms with van der Waals surface area (Å²) in [4.78, 5) is 21.9. The highest BCUT2D eigenvalue weighted by Gasteiger charge is 2.18. The van der Waals surface area contributed by atoms with Crippen LogP contribution in [0, 0.1) is 5.92 Å². The zero-order valence-corrected chi connectivity index (χ0v) is 10.1. The van der Waals surface area contributed by atoms with Crippen molar-refractivity contribution in [2.75, 3.05) is 33.2 Å². The Labute approximate surface area is 101 Å². The fraction of sp³-hybridized carbons (Fsp3) is 0.583. The minimum atomic E-state index is 0.0338. The standard InChI is InChI=1S/C12H18N4O/c1-16(8-10-2-3-13-6-10)9-12(17)11-7-14-4-5-15-11/h4-5,7,10,13H,2-3,6,8-9H2,1H3/t10-/m1/s1. The molecular weight excluding hydrogens is 216 g/mol. The molecule has 0 unspecified atom stereocenters. The normalized spacial score (nSPS) is 19.8. The third kappa shape index (κ3) is 3.57. The number of ketones is 1. The van der Waals surface area contributed by atoms with Gasteiger partial charge in [0.05, 0.1) is 12.7 Å². The van der Waals surface area contributed by atoms with Crippen LogP contribution in [0.25, 0.3) is 0 Å². The Morgan fingerprint density at radius 2 is 2.47 bits per heavy atom. The van der Waals surface area contributed by atoms with Crippen LogP contribution in [0.4, 0.5) is 0 Å². The zero-order valence-electron chi connectivity index (χ0n) is 10.1. The lowest BCUT2D eigenvalue weighted by Gasteiger charge is -2.19. The minimum absolute atomic E-state index is 0.0338. The number of hydrogen-bond donors (Lipinski definition) is 1. The molecule has 5 heteroatoms. The zero-order chi connectivity index (χ0) is 12.1. The molecule has 2 heterocycles. The monoisotopic (exact) mass is 234 g/mol. The summed E-state index contributed by atoms with van der Waals surface area (Å²) in [5.74, 6) is 0.696. The number of likely N-dealkylation sites (N-methyl/N-ethyl adjacent to an activating group) is 1. The lowest BCUT2D eigenvalue weighted by molar-refractivity contribution is 0.0934. The lowest BCUT2D eigenvalue weighted by atomic mass is 10.1. The molecule has 1 N–H and O–H groups in total. The molecule has 1 fully saturated rings. The van der Waals surface area contributed by atoms with Crippen molar-refractivity contribution in [1.29, 1.82) is 0 Å². The topological polar surface area (TPSA) is 58.1 Å². The predicted octanol–water partition coefficient (Wildman–Crippen LogP) is 0.201. The maximum absolute atomic E-state index is 11.9. The molecule has 1 atom stereocenters. The maximum atomic E-state index is 11.9. The third-order valence-electron chi connectivity index (χ3n) is 2.99. The average molecular weight is 234 g/mol. The molecule has 0 aliphatic carbocycles. The van der Waals surface area contributed by atoms with Gasteiger partial charge in [0.25, 0.3) is 0 Å². The summed E-state index contributed by atoms with van der Waals surface area (Å²) in [6.45, 7) is 3.52. The van der Waals surface area contributed by atoms with Crippen molar-refractivity contribution in [1.82, 2.24) is 20.2 Å². The molecule has 92 valence electrons. The Morgan fingerprint density at radius 1 is 1.59 bits per heavy atom. The van der Waals surface area contributed by atoms with Crippen molar-refractivity contribution in [3.63, 3.8) is 0 Å². The molecule has 1 aromatic rings. The first-order valence-corrected chi connectivity index (χ1v) is 5.94.